The first kappa shape index (κ1) is 17.5. The largest absolute Gasteiger partial charge is 0.489 e. The number of ether oxygens (including phenoxy) is 1. The molecule has 1 N–H and O–H groups in total. The minimum atomic E-state index is -0.0466. The van der Waals surface area contributed by atoms with Gasteiger partial charge in [-0.3, -0.25) is 4.79 Å². The molecule has 0 aliphatic carbocycles. The SMILES string of the molecule is O=C(c1ccccc1OC1CCNCC1)N1Cc2nn3cc(Cl)cnc3c2C1. The molecule has 5 rings (SSSR count). The van der Waals surface area contributed by atoms with Crippen LogP contribution in [0.1, 0.15) is 34.5 Å². The van der Waals surface area contributed by atoms with Gasteiger partial charge in [0.25, 0.3) is 5.91 Å². The quantitative estimate of drug-likeness (QED) is 0.735. The van der Waals surface area contributed by atoms with E-state index in [1.54, 1.807) is 21.8 Å². The topological polar surface area (TPSA) is 71.8 Å². The summed E-state index contributed by atoms with van der Waals surface area (Å²) in [6.07, 6.45) is 5.37. The third-order valence-corrected chi connectivity index (χ3v) is 5.49. The van der Waals surface area contributed by atoms with E-state index in [2.05, 4.69) is 15.4 Å². The number of para-hydroxylation sites is 1. The third kappa shape index (κ3) is 3.10. The first-order valence-electron chi connectivity index (χ1n) is 9.46. The molecule has 2 aliphatic rings. The zero-order valence-corrected chi connectivity index (χ0v) is 16.0. The molecule has 0 spiro atoms. The van der Waals surface area contributed by atoms with E-state index in [0.29, 0.717) is 29.4 Å². The van der Waals surface area contributed by atoms with Crippen LogP contribution in [-0.4, -0.2) is 44.6 Å². The lowest BCUT2D eigenvalue weighted by molar-refractivity contribution is 0.0739. The van der Waals surface area contributed by atoms with Gasteiger partial charge in [-0.25, -0.2) is 9.50 Å². The summed E-state index contributed by atoms with van der Waals surface area (Å²) in [5.74, 6) is 0.609. The van der Waals surface area contributed by atoms with Crippen molar-refractivity contribution in [3.8, 4) is 5.75 Å². The molecule has 144 valence electrons. The van der Waals surface area contributed by atoms with Gasteiger partial charge in [-0.05, 0) is 38.1 Å². The molecule has 0 bridgehead atoms. The maximum atomic E-state index is 13.2. The fourth-order valence-corrected chi connectivity index (χ4v) is 4.02. The summed E-state index contributed by atoms with van der Waals surface area (Å²) < 4.78 is 7.86. The van der Waals surface area contributed by atoms with Crippen LogP contribution in [0.3, 0.4) is 0 Å². The van der Waals surface area contributed by atoms with Crippen LogP contribution in [0.15, 0.2) is 36.7 Å². The van der Waals surface area contributed by atoms with Crippen LogP contribution in [0.25, 0.3) is 5.65 Å². The molecule has 7 nitrogen and oxygen atoms in total. The van der Waals surface area contributed by atoms with Crippen LogP contribution >= 0.6 is 11.6 Å². The van der Waals surface area contributed by atoms with Crippen molar-refractivity contribution in [1.29, 1.82) is 0 Å². The molecule has 1 aromatic carbocycles. The minimum Gasteiger partial charge on any atom is -0.489 e. The van der Waals surface area contributed by atoms with E-state index >= 15 is 0 Å². The zero-order chi connectivity index (χ0) is 19.1. The van der Waals surface area contributed by atoms with Gasteiger partial charge in [0, 0.05) is 11.8 Å². The van der Waals surface area contributed by atoms with Crippen molar-refractivity contribution in [2.24, 2.45) is 0 Å². The van der Waals surface area contributed by atoms with E-state index in [4.69, 9.17) is 16.3 Å². The lowest BCUT2D eigenvalue weighted by Gasteiger charge is -2.25. The van der Waals surface area contributed by atoms with Crippen molar-refractivity contribution in [2.45, 2.75) is 32.0 Å². The monoisotopic (exact) mass is 397 g/mol. The summed E-state index contributed by atoms with van der Waals surface area (Å²) in [4.78, 5) is 19.4. The fraction of sp³-hybridized carbons (Fsp3) is 0.350. The lowest BCUT2D eigenvalue weighted by atomic mass is 10.1. The molecule has 2 aliphatic heterocycles. The predicted molar refractivity (Wildman–Crippen MR) is 105 cm³/mol. The second-order valence-corrected chi connectivity index (χ2v) is 7.63. The number of nitrogens with one attached hydrogen (secondary N) is 1. The number of carbonyl (C=O) groups is 1. The molecule has 0 unspecified atom stereocenters. The van der Waals surface area contributed by atoms with Crippen molar-refractivity contribution in [3.63, 3.8) is 0 Å². The first-order valence-corrected chi connectivity index (χ1v) is 9.84. The highest BCUT2D eigenvalue weighted by Gasteiger charge is 2.31. The van der Waals surface area contributed by atoms with Crippen LogP contribution in [-0.2, 0) is 13.1 Å². The Kier molecular flexibility index (Phi) is 4.41. The Bertz CT molecular complexity index is 1040. The number of fused-ring (bicyclic) bond motifs is 3. The average molecular weight is 398 g/mol. The summed E-state index contributed by atoms with van der Waals surface area (Å²) in [6.45, 7) is 2.82. The molecule has 1 saturated heterocycles. The van der Waals surface area contributed by atoms with Gasteiger partial charge in [-0.2, -0.15) is 5.10 Å². The Balaban J connectivity index is 1.38. The number of carbonyl (C=O) groups excluding carboxylic acids is 1. The molecule has 3 aromatic rings. The number of piperidine rings is 1. The maximum absolute atomic E-state index is 13.2. The van der Waals surface area contributed by atoms with Crippen molar-refractivity contribution in [3.05, 3.63) is 58.5 Å². The summed E-state index contributed by atoms with van der Waals surface area (Å²) in [6, 6.07) is 7.50. The van der Waals surface area contributed by atoms with Gasteiger partial charge in [0.2, 0.25) is 0 Å². The van der Waals surface area contributed by atoms with Gasteiger partial charge in [0.15, 0.2) is 5.65 Å². The molecule has 0 atom stereocenters. The van der Waals surface area contributed by atoms with Crippen LogP contribution < -0.4 is 10.1 Å². The molecular weight excluding hydrogens is 378 g/mol. The summed E-state index contributed by atoms with van der Waals surface area (Å²) in [5.41, 5.74) is 3.18. The number of benzene rings is 1. The second-order valence-electron chi connectivity index (χ2n) is 7.19. The van der Waals surface area contributed by atoms with Crippen LogP contribution in [0.2, 0.25) is 5.02 Å². The molecule has 8 heteroatoms. The molecule has 2 aromatic heterocycles. The number of halogens is 1. The van der Waals surface area contributed by atoms with Gasteiger partial charge >= 0.3 is 0 Å². The van der Waals surface area contributed by atoms with E-state index in [-0.39, 0.29) is 12.0 Å². The third-order valence-electron chi connectivity index (χ3n) is 5.29. The highest BCUT2D eigenvalue weighted by molar-refractivity contribution is 6.30. The fourth-order valence-electron chi connectivity index (χ4n) is 3.87. The molecule has 4 heterocycles. The van der Waals surface area contributed by atoms with Crippen LogP contribution in [0.4, 0.5) is 0 Å². The second kappa shape index (κ2) is 7.07. The normalized spacial score (nSPS) is 17.1. The molecule has 28 heavy (non-hydrogen) atoms. The van der Waals surface area contributed by atoms with E-state index in [1.807, 2.05) is 24.3 Å². The van der Waals surface area contributed by atoms with Gasteiger partial charge in [0.1, 0.15) is 11.9 Å². The Labute approximate surface area is 167 Å². The number of amides is 1. The van der Waals surface area contributed by atoms with Gasteiger partial charge < -0.3 is 15.0 Å². The summed E-state index contributed by atoms with van der Waals surface area (Å²) in [5, 5.41) is 8.40. The van der Waals surface area contributed by atoms with Crippen molar-refractivity contribution in [1.82, 2.24) is 24.8 Å². The number of aromatic nitrogens is 3. The van der Waals surface area contributed by atoms with E-state index in [0.717, 1.165) is 42.8 Å². The Morgan fingerprint density at radius 3 is 2.89 bits per heavy atom. The van der Waals surface area contributed by atoms with Crippen LogP contribution in [0, 0.1) is 0 Å². The van der Waals surface area contributed by atoms with Crippen molar-refractivity contribution in [2.75, 3.05) is 13.1 Å². The zero-order valence-electron chi connectivity index (χ0n) is 15.3. The van der Waals surface area contributed by atoms with Gasteiger partial charge in [0.05, 0.1) is 35.6 Å². The minimum absolute atomic E-state index is 0.0466. The maximum Gasteiger partial charge on any atom is 0.258 e. The lowest BCUT2D eigenvalue weighted by Crippen LogP contribution is -2.34. The Morgan fingerprint density at radius 2 is 2.04 bits per heavy atom. The molecule has 1 fully saturated rings. The van der Waals surface area contributed by atoms with Crippen molar-refractivity contribution < 1.29 is 9.53 Å². The molecular formula is C20H20ClN5O2. The first-order chi connectivity index (χ1) is 13.7. The van der Waals surface area contributed by atoms with E-state index in [1.165, 1.54) is 0 Å². The number of nitrogens with zero attached hydrogens (tertiary/aromatic N) is 4. The van der Waals surface area contributed by atoms with Gasteiger partial charge in [-0.1, -0.05) is 23.7 Å². The summed E-state index contributed by atoms with van der Waals surface area (Å²) in [7, 11) is 0. The summed E-state index contributed by atoms with van der Waals surface area (Å²) >= 11 is 5.99. The number of rotatable bonds is 3. The van der Waals surface area contributed by atoms with Gasteiger partial charge in [-0.15, -0.1) is 0 Å². The van der Waals surface area contributed by atoms with Crippen molar-refractivity contribution >= 4 is 23.2 Å². The Hall–Kier alpha value is -2.64. The number of hydrogen-bond donors (Lipinski definition) is 1. The highest BCUT2D eigenvalue weighted by Crippen LogP contribution is 2.30. The number of hydrogen-bond acceptors (Lipinski definition) is 5. The smallest absolute Gasteiger partial charge is 0.258 e. The van der Waals surface area contributed by atoms with E-state index in [9.17, 15) is 4.79 Å². The van der Waals surface area contributed by atoms with E-state index < -0.39 is 0 Å². The highest BCUT2D eigenvalue weighted by atomic mass is 35.5. The molecule has 1 amide bonds. The Morgan fingerprint density at radius 1 is 1.21 bits per heavy atom. The van der Waals surface area contributed by atoms with Crippen LogP contribution in [0.5, 0.6) is 5.75 Å². The average Bonchev–Trinajstić information content (AvgIpc) is 3.26. The molecule has 0 radical (unpaired) electrons. The predicted octanol–water partition coefficient (Wildman–Crippen LogP) is 2.67. The standard InChI is InChI=1S/C20H20ClN5O2/c21-13-9-23-19-16-11-25(12-17(16)24-26(19)10-13)20(27)15-3-1-2-4-18(15)28-14-5-7-22-8-6-14/h1-4,9-10,14,22H,5-8,11-12H2. The molecule has 0 saturated carbocycles.